The Kier molecular flexibility index (Phi) is 3.57. The average molecular weight is 346 g/mol. The van der Waals surface area contributed by atoms with Crippen LogP contribution in [-0.4, -0.2) is 63.6 Å². The van der Waals surface area contributed by atoms with Crippen molar-refractivity contribution in [3.05, 3.63) is 29.3 Å². The van der Waals surface area contributed by atoms with E-state index >= 15 is 0 Å². The van der Waals surface area contributed by atoms with Gasteiger partial charge in [0, 0.05) is 13.1 Å². The number of rotatable bonds is 3. The van der Waals surface area contributed by atoms with Gasteiger partial charge in [0.25, 0.3) is 11.8 Å². The van der Waals surface area contributed by atoms with E-state index in [0.717, 1.165) is 15.5 Å². The maximum absolute atomic E-state index is 12.6. The van der Waals surface area contributed by atoms with Gasteiger partial charge in [-0.3, -0.25) is 14.7 Å². The molecule has 0 aliphatic carbocycles. The molecular formula is C15H14N4O4S. The number of likely N-dealkylation sites (tertiary alicyclic amines) is 1. The van der Waals surface area contributed by atoms with Crippen molar-refractivity contribution >= 4 is 29.2 Å². The van der Waals surface area contributed by atoms with Crippen LogP contribution < -0.4 is 0 Å². The second-order valence-electron chi connectivity index (χ2n) is 5.66. The number of nitrogens with one attached hydrogen (secondary N) is 1. The van der Waals surface area contributed by atoms with Gasteiger partial charge in [0.1, 0.15) is 0 Å². The molecule has 1 unspecified atom stereocenters. The zero-order chi connectivity index (χ0) is 16.7. The summed E-state index contributed by atoms with van der Waals surface area (Å²) in [5.74, 6) is -0.560. The summed E-state index contributed by atoms with van der Waals surface area (Å²) in [6.45, 7) is 0.565. The van der Waals surface area contributed by atoms with Gasteiger partial charge < -0.3 is 9.64 Å². The maximum Gasteiger partial charge on any atom is 0.417 e. The van der Waals surface area contributed by atoms with Gasteiger partial charge in [0.15, 0.2) is 12.3 Å². The molecule has 2 saturated heterocycles. The number of amides is 3. The number of H-pyrrole nitrogens is 1. The van der Waals surface area contributed by atoms with Crippen LogP contribution in [0.2, 0.25) is 0 Å². The molecule has 4 rings (SSSR count). The summed E-state index contributed by atoms with van der Waals surface area (Å²) >= 11 is 1.56. The Hall–Kier alpha value is -2.68. The van der Waals surface area contributed by atoms with Crippen molar-refractivity contribution in [1.82, 2.24) is 20.0 Å². The van der Waals surface area contributed by atoms with E-state index in [9.17, 15) is 14.4 Å². The second kappa shape index (κ2) is 5.75. The minimum atomic E-state index is -0.626. The van der Waals surface area contributed by atoms with Gasteiger partial charge >= 0.3 is 6.09 Å². The zero-order valence-corrected chi connectivity index (χ0v) is 13.4. The topological polar surface area (TPSA) is 95.6 Å². The number of carbonyl (C=O) groups is 3. The van der Waals surface area contributed by atoms with E-state index in [0.29, 0.717) is 25.2 Å². The Labute approximate surface area is 141 Å². The van der Waals surface area contributed by atoms with Gasteiger partial charge in [-0.15, -0.1) is 11.3 Å². The number of hydrogen-bond acceptors (Lipinski definition) is 6. The van der Waals surface area contributed by atoms with Crippen LogP contribution in [0.25, 0.3) is 10.6 Å². The zero-order valence-electron chi connectivity index (χ0n) is 12.6. The summed E-state index contributed by atoms with van der Waals surface area (Å²) in [5.41, 5.74) is 1.12. The minimum absolute atomic E-state index is 0.212. The lowest BCUT2D eigenvalue weighted by Gasteiger charge is -2.19. The summed E-state index contributed by atoms with van der Waals surface area (Å²) in [5, 5.41) is 8.91. The van der Waals surface area contributed by atoms with E-state index in [1.165, 1.54) is 0 Å². The molecular weight excluding hydrogens is 332 g/mol. The highest BCUT2D eigenvalue weighted by molar-refractivity contribution is 7.13. The molecule has 0 saturated carbocycles. The Morgan fingerprint density at radius 1 is 1.42 bits per heavy atom. The summed E-state index contributed by atoms with van der Waals surface area (Å²) in [7, 11) is 0. The molecule has 1 atom stereocenters. The standard InChI is InChI=1S/C15H14N4O4S/c20-13-8-23-15(22)19(13)9-3-4-18(7-9)14(21)11-6-10(16-17-11)12-2-1-5-24-12/h1-2,5-6,9H,3-4,7-8H2,(H,16,17). The van der Waals surface area contributed by atoms with Gasteiger partial charge in [0.05, 0.1) is 16.6 Å². The van der Waals surface area contributed by atoms with E-state index in [-0.39, 0.29) is 24.5 Å². The lowest BCUT2D eigenvalue weighted by Crippen LogP contribution is -2.42. The molecule has 2 aromatic rings. The Balaban J connectivity index is 1.46. The first-order valence-electron chi connectivity index (χ1n) is 7.51. The first kappa shape index (κ1) is 14.9. The summed E-state index contributed by atoms with van der Waals surface area (Å²) in [6.07, 6.45) is -0.0755. The molecule has 0 bridgehead atoms. The van der Waals surface area contributed by atoms with Gasteiger partial charge in [-0.1, -0.05) is 6.07 Å². The number of ether oxygens (including phenoxy) is 1. The number of hydrogen-bond donors (Lipinski definition) is 1. The third-order valence-corrected chi connectivity index (χ3v) is 5.09. The molecule has 2 aromatic heterocycles. The van der Waals surface area contributed by atoms with Crippen molar-refractivity contribution in [3.8, 4) is 10.6 Å². The number of aromatic nitrogens is 2. The van der Waals surface area contributed by atoms with Crippen molar-refractivity contribution in [2.45, 2.75) is 12.5 Å². The van der Waals surface area contributed by atoms with Crippen molar-refractivity contribution < 1.29 is 19.1 Å². The predicted molar refractivity (Wildman–Crippen MR) is 84.4 cm³/mol. The number of carbonyl (C=O) groups excluding carboxylic acids is 3. The molecule has 2 aliphatic heterocycles. The molecule has 0 spiro atoms. The average Bonchev–Trinajstić information content (AvgIpc) is 3.34. The lowest BCUT2D eigenvalue weighted by molar-refractivity contribution is -0.127. The highest BCUT2D eigenvalue weighted by Gasteiger charge is 2.41. The van der Waals surface area contributed by atoms with Gasteiger partial charge in [-0.25, -0.2) is 9.69 Å². The van der Waals surface area contributed by atoms with E-state index in [1.54, 1.807) is 22.3 Å². The number of nitrogens with zero attached hydrogens (tertiary/aromatic N) is 3. The smallest absolute Gasteiger partial charge is 0.417 e. The van der Waals surface area contributed by atoms with Gasteiger partial charge in [-0.2, -0.15) is 5.10 Å². The van der Waals surface area contributed by atoms with Crippen molar-refractivity contribution in [2.75, 3.05) is 19.7 Å². The first-order valence-corrected chi connectivity index (χ1v) is 8.39. The van der Waals surface area contributed by atoms with Crippen LogP contribution in [0.4, 0.5) is 4.79 Å². The van der Waals surface area contributed by atoms with E-state index in [1.807, 2.05) is 17.5 Å². The molecule has 124 valence electrons. The summed E-state index contributed by atoms with van der Waals surface area (Å²) in [6, 6.07) is 5.27. The van der Waals surface area contributed by atoms with Crippen LogP contribution in [0, 0.1) is 0 Å². The van der Waals surface area contributed by atoms with Crippen LogP contribution in [0.5, 0.6) is 0 Å². The maximum atomic E-state index is 12.6. The van der Waals surface area contributed by atoms with Crippen molar-refractivity contribution in [2.24, 2.45) is 0 Å². The molecule has 0 aromatic carbocycles. The molecule has 9 heteroatoms. The van der Waals surface area contributed by atoms with Gasteiger partial charge in [0.2, 0.25) is 0 Å². The Morgan fingerprint density at radius 2 is 2.29 bits per heavy atom. The molecule has 4 heterocycles. The fraction of sp³-hybridized carbons (Fsp3) is 0.333. The van der Waals surface area contributed by atoms with Gasteiger partial charge in [-0.05, 0) is 23.9 Å². The highest BCUT2D eigenvalue weighted by atomic mass is 32.1. The molecule has 1 N–H and O–H groups in total. The fourth-order valence-corrected chi connectivity index (χ4v) is 3.70. The van der Waals surface area contributed by atoms with Crippen LogP contribution in [0.3, 0.4) is 0 Å². The SMILES string of the molecule is O=C(c1cc(-c2cccs2)[nH]n1)N1CCC(N2C(=O)COC2=O)C1. The van der Waals surface area contributed by atoms with E-state index in [2.05, 4.69) is 10.2 Å². The minimum Gasteiger partial charge on any atom is -0.439 e. The predicted octanol–water partition coefficient (Wildman–Crippen LogP) is 1.33. The van der Waals surface area contributed by atoms with Crippen LogP contribution in [-0.2, 0) is 9.53 Å². The molecule has 2 aliphatic rings. The third-order valence-electron chi connectivity index (χ3n) is 4.18. The lowest BCUT2D eigenvalue weighted by atomic mass is 10.2. The Bertz CT molecular complexity index is 784. The summed E-state index contributed by atoms with van der Waals surface area (Å²) in [4.78, 5) is 39.6. The van der Waals surface area contributed by atoms with Crippen molar-refractivity contribution in [1.29, 1.82) is 0 Å². The largest absolute Gasteiger partial charge is 0.439 e. The van der Waals surface area contributed by atoms with E-state index in [4.69, 9.17) is 4.74 Å². The highest BCUT2D eigenvalue weighted by Crippen LogP contribution is 2.25. The first-order chi connectivity index (χ1) is 11.6. The monoisotopic (exact) mass is 346 g/mol. The molecule has 2 fully saturated rings. The number of imide groups is 1. The van der Waals surface area contributed by atoms with Crippen LogP contribution in [0.1, 0.15) is 16.9 Å². The van der Waals surface area contributed by atoms with Crippen LogP contribution in [0.15, 0.2) is 23.6 Å². The van der Waals surface area contributed by atoms with Crippen molar-refractivity contribution in [3.63, 3.8) is 0 Å². The number of thiophene rings is 1. The summed E-state index contributed by atoms with van der Waals surface area (Å²) < 4.78 is 4.73. The molecule has 3 amide bonds. The quantitative estimate of drug-likeness (QED) is 0.905. The third kappa shape index (κ3) is 2.46. The van der Waals surface area contributed by atoms with E-state index < -0.39 is 6.09 Å². The number of cyclic esters (lactones) is 1. The molecule has 0 radical (unpaired) electrons. The molecule has 8 nitrogen and oxygen atoms in total. The fourth-order valence-electron chi connectivity index (χ4n) is 3.01. The molecule has 24 heavy (non-hydrogen) atoms. The second-order valence-corrected chi connectivity index (χ2v) is 6.60. The normalized spacial score (nSPS) is 20.8. The Morgan fingerprint density at radius 3 is 3.00 bits per heavy atom. The number of aromatic amines is 1. The van der Waals surface area contributed by atoms with Crippen LogP contribution >= 0.6 is 11.3 Å².